The fraction of sp³-hybridized carbons (Fsp3) is 0.269. The minimum Gasteiger partial charge on any atom is -0.497 e. The molecular weight excluding hydrogens is 436 g/mol. The summed E-state index contributed by atoms with van der Waals surface area (Å²) in [7, 11) is -2.15. The fourth-order valence-electron chi connectivity index (χ4n) is 4.17. The Balaban J connectivity index is 1.56. The van der Waals surface area contributed by atoms with Gasteiger partial charge in [0, 0.05) is 19.5 Å². The second-order valence-electron chi connectivity index (χ2n) is 8.22. The molecule has 0 radical (unpaired) electrons. The Bertz CT molecular complexity index is 1220. The van der Waals surface area contributed by atoms with Gasteiger partial charge in [-0.2, -0.15) is 4.31 Å². The zero-order valence-electron chi connectivity index (χ0n) is 18.8. The largest absolute Gasteiger partial charge is 0.497 e. The average molecular weight is 465 g/mol. The van der Waals surface area contributed by atoms with E-state index in [1.807, 2.05) is 55.5 Å². The molecule has 0 aliphatic carbocycles. The maximum atomic E-state index is 13.5. The molecule has 3 aromatic carbocycles. The van der Waals surface area contributed by atoms with Crippen LogP contribution in [0.25, 0.3) is 0 Å². The van der Waals surface area contributed by atoms with Crippen LogP contribution < -0.4 is 10.1 Å². The molecule has 33 heavy (non-hydrogen) atoms. The Kier molecular flexibility index (Phi) is 6.81. The highest BCUT2D eigenvalue weighted by atomic mass is 32.2. The molecule has 7 heteroatoms. The Morgan fingerprint density at radius 3 is 2.42 bits per heavy atom. The zero-order chi connectivity index (χ0) is 23.4. The highest BCUT2D eigenvalue weighted by Gasteiger charge is 2.37. The van der Waals surface area contributed by atoms with Gasteiger partial charge in [0.05, 0.1) is 18.0 Å². The summed E-state index contributed by atoms with van der Waals surface area (Å²) in [5.74, 6) is 0.553. The van der Waals surface area contributed by atoms with Gasteiger partial charge in [-0.1, -0.05) is 54.1 Å². The molecule has 0 bridgehead atoms. The van der Waals surface area contributed by atoms with Gasteiger partial charge in [0.15, 0.2) is 0 Å². The molecule has 4 rings (SSSR count). The van der Waals surface area contributed by atoms with Crippen LogP contribution >= 0.6 is 0 Å². The number of nitrogens with zero attached hydrogens (tertiary/aromatic N) is 1. The van der Waals surface area contributed by atoms with Gasteiger partial charge in [-0.05, 0) is 54.3 Å². The number of amides is 1. The monoisotopic (exact) mass is 464 g/mol. The minimum atomic E-state index is -3.75. The first-order chi connectivity index (χ1) is 15.9. The van der Waals surface area contributed by atoms with Crippen molar-refractivity contribution in [3.63, 3.8) is 0 Å². The van der Waals surface area contributed by atoms with E-state index >= 15 is 0 Å². The van der Waals surface area contributed by atoms with E-state index in [-0.39, 0.29) is 17.2 Å². The summed E-state index contributed by atoms with van der Waals surface area (Å²) in [4.78, 5) is 13.2. The van der Waals surface area contributed by atoms with Crippen molar-refractivity contribution in [1.29, 1.82) is 0 Å². The second-order valence-corrected chi connectivity index (χ2v) is 10.1. The minimum absolute atomic E-state index is 0.0538. The van der Waals surface area contributed by atoms with E-state index in [0.29, 0.717) is 19.5 Å². The summed E-state index contributed by atoms with van der Waals surface area (Å²) >= 11 is 0. The molecule has 0 aromatic heterocycles. The van der Waals surface area contributed by atoms with Gasteiger partial charge in [-0.15, -0.1) is 0 Å². The van der Waals surface area contributed by atoms with Gasteiger partial charge in [0.25, 0.3) is 0 Å². The molecule has 0 spiro atoms. The van der Waals surface area contributed by atoms with Crippen LogP contribution in [0, 0.1) is 6.92 Å². The summed E-state index contributed by atoms with van der Waals surface area (Å²) in [6, 6.07) is 21.5. The van der Waals surface area contributed by atoms with E-state index in [9.17, 15) is 13.2 Å². The summed E-state index contributed by atoms with van der Waals surface area (Å²) in [5, 5.41) is 2.93. The molecule has 3 aromatic rings. The number of fused-ring (bicyclic) bond motifs is 1. The van der Waals surface area contributed by atoms with Gasteiger partial charge in [-0.3, -0.25) is 4.79 Å². The Hall–Kier alpha value is -3.16. The quantitative estimate of drug-likeness (QED) is 0.574. The van der Waals surface area contributed by atoms with Crippen LogP contribution in [0.15, 0.2) is 77.7 Å². The van der Waals surface area contributed by atoms with Gasteiger partial charge in [0.1, 0.15) is 5.75 Å². The van der Waals surface area contributed by atoms with E-state index in [1.54, 1.807) is 31.4 Å². The SMILES string of the molecule is COc1ccc(CNC(=O)CC2c3ccccc3CCN2S(=O)(=O)c2ccc(C)cc2)cc1. The van der Waals surface area contributed by atoms with Crippen molar-refractivity contribution in [1.82, 2.24) is 9.62 Å². The molecule has 0 saturated heterocycles. The predicted molar refractivity (Wildman–Crippen MR) is 127 cm³/mol. The van der Waals surface area contributed by atoms with E-state index in [0.717, 1.165) is 28.0 Å². The van der Waals surface area contributed by atoms with Gasteiger partial charge in [0.2, 0.25) is 15.9 Å². The number of ether oxygens (including phenoxy) is 1. The molecule has 1 amide bonds. The Morgan fingerprint density at radius 1 is 1.03 bits per heavy atom. The van der Waals surface area contributed by atoms with Gasteiger partial charge < -0.3 is 10.1 Å². The molecule has 0 saturated carbocycles. The van der Waals surface area contributed by atoms with E-state index in [4.69, 9.17) is 4.74 Å². The first kappa shape index (κ1) is 23.0. The number of hydrogen-bond acceptors (Lipinski definition) is 4. The summed E-state index contributed by atoms with van der Waals surface area (Å²) in [6.07, 6.45) is 0.670. The number of sulfonamides is 1. The number of benzene rings is 3. The third kappa shape index (κ3) is 5.10. The predicted octanol–water partition coefficient (Wildman–Crippen LogP) is 4.00. The van der Waals surface area contributed by atoms with Crippen molar-refractivity contribution in [2.24, 2.45) is 0 Å². The van der Waals surface area contributed by atoms with Crippen LogP contribution in [-0.2, 0) is 27.8 Å². The molecule has 6 nitrogen and oxygen atoms in total. The molecule has 0 fully saturated rings. The number of carbonyl (C=O) groups excluding carboxylic acids is 1. The van der Waals surface area contributed by atoms with Crippen molar-refractivity contribution < 1.29 is 17.9 Å². The number of nitrogens with one attached hydrogen (secondary N) is 1. The lowest BCUT2D eigenvalue weighted by Gasteiger charge is -2.36. The molecule has 1 atom stereocenters. The number of hydrogen-bond donors (Lipinski definition) is 1. The normalized spacial score (nSPS) is 16.1. The van der Waals surface area contributed by atoms with Crippen molar-refractivity contribution in [2.75, 3.05) is 13.7 Å². The van der Waals surface area contributed by atoms with Crippen LogP contribution in [0.3, 0.4) is 0 Å². The van der Waals surface area contributed by atoms with Crippen molar-refractivity contribution in [3.8, 4) is 5.75 Å². The third-order valence-corrected chi connectivity index (χ3v) is 7.94. The van der Waals surface area contributed by atoms with Crippen molar-refractivity contribution in [2.45, 2.75) is 37.2 Å². The molecule has 1 aliphatic heterocycles. The molecule has 1 unspecified atom stereocenters. The van der Waals surface area contributed by atoms with Crippen LogP contribution in [0.1, 0.15) is 34.7 Å². The molecule has 1 aliphatic rings. The van der Waals surface area contributed by atoms with Gasteiger partial charge in [-0.25, -0.2) is 8.42 Å². The third-order valence-electron chi connectivity index (χ3n) is 6.02. The van der Waals surface area contributed by atoms with Gasteiger partial charge >= 0.3 is 0 Å². The van der Waals surface area contributed by atoms with E-state index < -0.39 is 16.1 Å². The molecular formula is C26H28N2O4S. The number of rotatable bonds is 7. The standard InChI is InChI=1S/C26H28N2O4S/c1-19-7-13-23(14-8-19)33(30,31)28-16-15-21-5-3-4-6-24(21)25(28)17-26(29)27-18-20-9-11-22(32-2)12-10-20/h3-14,25H,15-18H2,1-2H3,(H,27,29). The van der Waals surface area contributed by atoms with Crippen LogP contribution in [0.4, 0.5) is 0 Å². The van der Waals surface area contributed by atoms with E-state index in [2.05, 4.69) is 5.32 Å². The number of carbonyl (C=O) groups is 1. The lowest BCUT2D eigenvalue weighted by atomic mass is 9.92. The van der Waals surface area contributed by atoms with Crippen molar-refractivity contribution >= 4 is 15.9 Å². The fourth-order valence-corrected chi connectivity index (χ4v) is 5.77. The topological polar surface area (TPSA) is 75.7 Å². The average Bonchev–Trinajstić information content (AvgIpc) is 2.83. The molecule has 1 N–H and O–H groups in total. The molecule has 172 valence electrons. The maximum Gasteiger partial charge on any atom is 0.243 e. The van der Waals surface area contributed by atoms with Crippen LogP contribution in [0.2, 0.25) is 0 Å². The number of methoxy groups -OCH3 is 1. The zero-order valence-corrected chi connectivity index (χ0v) is 19.6. The van der Waals surface area contributed by atoms with E-state index in [1.165, 1.54) is 4.31 Å². The lowest BCUT2D eigenvalue weighted by molar-refractivity contribution is -0.122. The summed E-state index contributed by atoms with van der Waals surface area (Å²) < 4.78 is 33.7. The summed E-state index contributed by atoms with van der Waals surface area (Å²) in [6.45, 7) is 2.62. The smallest absolute Gasteiger partial charge is 0.243 e. The number of aryl methyl sites for hydroxylation is 1. The molecule has 1 heterocycles. The Labute approximate surface area is 195 Å². The Morgan fingerprint density at radius 2 is 1.73 bits per heavy atom. The second kappa shape index (κ2) is 9.77. The van der Waals surface area contributed by atoms with Crippen LogP contribution in [0.5, 0.6) is 5.75 Å². The first-order valence-electron chi connectivity index (χ1n) is 10.9. The lowest BCUT2D eigenvalue weighted by Crippen LogP contribution is -2.42. The first-order valence-corrected chi connectivity index (χ1v) is 12.4. The summed E-state index contributed by atoms with van der Waals surface area (Å²) in [5.41, 5.74) is 3.91. The maximum absolute atomic E-state index is 13.5. The highest BCUT2D eigenvalue weighted by Crippen LogP contribution is 2.36. The highest BCUT2D eigenvalue weighted by molar-refractivity contribution is 7.89. The van der Waals surface area contributed by atoms with Crippen molar-refractivity contribution in [3.05, 3.63) is 95.1 Å². The van der Waals surface area contributed by atoms with Crippen LogP contribution in [-0.4, -0.2) is 32.3 Å².